The summed E-state index contributed by atoms with van der Waals surface area (Å²) in [5.74, 6) is 0.382. The van der Waals surface area contributed by atoms with Crippen molar-refractivity contribution in [1.29, 1.82) is 0 Å². The Bertz CT molecular complexity index is 810. The number of carbonyl (C=O) groups excluding carboxylic acids is 1. The molecule has 1 amide bonds. The molecule has 0 saturated heterocycles. The minimum atomic E-state index is -0.165. The average Bonchev–Trinajstić information content (AvgIpc) is 2.90. The number of rotatable bonds is 4. The molecule has 0 aliphatic carbocycles. The van der Waals surface area contributed by atoms with E-state index in [4.69, 9.17) is 11.6 Å². The smallest absolute Gasteiger partial charge is 0.256 e. The Balaban J connectivity index is 1.73. The third-order valence-electron chi connectivity index (χ3n) is 3.50. The second kappa shape index (κ2) is 6.67. The van der Waals surface area contributed by atoms with Gasteiger partial charge in [-0.3, -0.25) is 9.48 Å². The Kier molecular flexibility index (Phi) is 4.44. The first-order valence-corrected chi connectivity index (χ1v) is 7.65. The molecular formula is C18H16ClN3O. The molecule has 0 aliphatic rings. The van der Waals surface area contributed by atoms with Crippen molar-refractivity contribution in [2.75, 3.05) is 5.32 Å². The summed E-state index contributed by atoms with van der Waals surface area (Å²) in [5.41, 5.74) is 2.68. The zero-order valence-electron chi connectivity index (χ0n) is 12.7. The van der Waals surface area contributed by atoms with Crippen LogP contribution in [-0.2, 0) is 6.54 Å². The molecule has 3 rings (SSSR count). The molecule has 0 bridgehead atoms. The number of aromatic nitrogens is 2. The number of hydrogen-bond acceptors (Lipinski definition) is 2. The molecule has 1 N–H and O–H groups in total. The molecule has 0 spiro atoms. The fourth-order valence-electron chi connectivity index (χ4n) is 2.27. The van der Waals surface area contributed by atoms with E-state index in [9.17, 15) is 4.79 Å². The molecule has 0 aliphatic heterocycles. The average molecular weight is 326 g/mol. The maximum absolute atomic E-state index is 12.2. The van der Waals surface area contributed by atoms with E-state index in [0.29, 0.717) is 22.9 Å². The van der Waals surface area contributed by atoms with Gasteiger partial charge in [-0.15, -0.1) is 0 Å². The van der Waals surface area contributed by atoms with E-state index >= 15 is 0 Å². The highest BCUT2D eigenvalue weighted by molar-refractivity contribution is 6.30. The van der Waals surface area contributed by atoms with Gasteiger partial charge in [-0.25, -0.2) is 0 Å². The van der Waals surface area contributed by atoms with Gasteiger partial charge in [0.2, 0.25) is 0 Å². The summed E-state index contributed by atoms with van der Waals surface area (Å²) in [6.07, 6.45) is 0. The number of hydrogen-bond donors (Lipinski definition) is 1. The second-order valence-corrected chi connectivity index (χ2v) is 5.71. The van der Waals surface area contributed by atoms with Crippen molar-refractivity contribution >= 4 is 23.3 Å². The van der Waals surface area contributed by atoms with Crippen molar-refractivity contribution < 1.29 is 4.79 Å². The molecule has 116 valence electrons. The van der Waals surface area contributed by atoms with Gasteiger partial charge in [0.15, 0.2) is 5.82 Å². The Hall–Kier alpha value is -2.59. The number of anilines is 1. The highest BCUT2D eigenvalue weighted by Gasteiger charge is 2.10. The summed E-state index contributed by atoms with van der Waals surface area (Å²) in [7, 11) is 0. The van der Waals surface area contributed by atoms with Crippen LogP contribution in [0.2, 0.25) is 5.02 Å². The van der Waals surface area contributed by atoms with E-state index in [-0.39, 0.29) is 5.91 Å². The fraction of sp³-hybridized carbons (Fsp3) is 0.111. The van der Waals surface area contributed by atoms with Gasteiger partial charge in [-0.1, -0.05) is 41.9 Å². The van der Waals surface area contributed by atoms with Gasteiger partial charge in [-0.2, -0.15) is 5.10 Å². The summed E-state index contributed by atoms with van der Waals surface area (Å²) >= 11 is 5.90. The largest absolute Gasteiger partial charge is 0.305 e. The van der Waals surface area contributed by atoms with Crippen molar-refractivity contribution in [3.05, 3.63) is 82.5 Å². The number of benzene rings is 2. The monoisotopic (exact) mass is 325 g/mol. The Morgan fingerprint density at radius 2 is 1.83 bits per heavy atom. The lowest BCUT2D eigenvalue weighted by atomic mass is 10.2. The first-order chi connectivity index (χ1) is 11.1. The number of nitrogens with zero attached hydrogens (tertiary/aromatic N) is 2. The first kappa shape index (κ1) is 15.3. The number of halogens is 1. The number of amides is 1. The SMILES string of the molecule is Cc1cc(NC(=O)c2ccccc2)nn1Cc1ccc(Cl)cc1. The van der Waals surface area contributed by atoms with Gasteiger partial charge in [-0.05, 0) is 36.8 Å². The van der Waals surface area contributed by atoms with Crippen LogP contribution in [0.25, 0.3) is 0 Å². The summed E-state index contributed by atoms with van der Waals surface area (Å²) < 4.78 is 1.85. The zero-order valence-corrected chi connectivity index (χ0v) is 13.4. The molecule has 0 unspecified atom stereocenters. The minimum Gasteiger partial charge on any atom is -0.305 e. The minimum absolute atomic E-state index is 0.165. The van der Waals surface area contributed by atoms with Gasteiger partial charge in [0, 0.05) is 22.3 Å². The van der Waals surface area contributed by atoms with E-state index < -0.39 is 0 Å². The molecule has 0 saturated carbocycles. The van der Waals surface area contributed by atoms with Crippen molar-refractivity contribution in [2.24, 2.45) is 0 Å². The van der Waals surface area contributed by atoms with E-state index in [2.05, 4.69) is 10.4 Å². The van der Waals surface area contributed by atoms with Crippen LogP contribution in [0.5, 0.6) is 0 Å². The van der Waals surface area contributed by atoms with Crippen LogP contribution in [0, 0.1) is 6.92 Å². The lowest BCUT2D eigenvalue weighted by Crippen LogP contribution is -2.12. The molecular weight excluding hydrogens is 310 g/mol. The molecule has 2 aromatic carbocycles. The van der Waals surface area contributed by atoms with Crippen LogP contribution in [0.15, 0.2) is 60.7 Å². The van der Waals surface area contributed by atoms with Crippen molar-refractivity contribution in [1.82, 2.24) is 9.78 Å². The third kappa shape index (κ3) is 3.79. The van der Waals surface area contributed by atoms with Crippen LogP contribution in [-0.4, -0.2) is 15.7 Å². The van der Waals surface area contributed by atoms with Crippen LogP contribution >= 0.6 is 11.6 Å². The predicted molar refractivity (Wildman–Crippen MR) is 91.9 cm³/mol. The fourth-order valence-corrected chi connectivity index (χ4v) is 2.40. The van der Waals surface area contributed by atoms with Gasteiger partial charge in [0.05, 0.1) is 6.54 Å². The molecule has 5 heteroatoms. The van der Waals surface area contributed by atoms with Crippen molar-refractivity contribution in [3.8, 4) is 0 Å². The van der Waals surface area contributed by atoms with E-state index in [1.807, 2.05) is 60.1 Å². The highest BCUT2D eigenvalue weighted by atomic mass is 35.5. The molecule has 1 aromatic heterocycles. The Morgan fingerprint density at radius 3 is 2.52 bits per heavy atom. The van der Waals surface area contributed by atoms with E-state index in [1.54, 1.807) is 12.1 Å². The zero-order chi connectivity index (χ0) is 16.2. The number of carbonyl (C=O) groups is 1. The summed E-state index contributed by atoms with van der Waals surface area (Å²) in [6, 6.07) is 18.6. The van der Waals surface area contributed by atoms with Gasteiger partial charge in [0.25, 0.3) is 5.91 Å². The molecule has 1 heterocycles. The van der Waals surface area contributed by atoms with E-state index in [0.717, 1.165) is 11.3 Å². The molecule has 4 nitrogen and oxygen atoms in total. The Labute approximate surface area is 139 Å². The summed E-state index contributed by atoms with van der Waals surface area (Å²) in [5, 5.41) is 7.98. The maximum atomic E-state index is 12.2. The van der Waals surface area contributed by atoms with Crippen molar-refractivity contribution in [3.63, 3.8) is 0 Å². The van der Waals surface area contributed by atoms with Crippen molar-refractivity contribution in [2.45, 2.75) is 13.5 Å². The number of aryl methyl sites for hydroxylation is 1. The number of nitrogens with one attached hydrogen (secondary N) is 1. The predicted octanol–water partition coefficient (Wildman–Crippen LogP) is 4.15. The second-order valence-electron chi connectivity index (χ2n) is 5.28. The van der Waals surface area contributed by atoms with E-state index in [1.165, 1.54) is 0 Å². The normalized spacial score (nSPS) is 10.5. The summed E-state index contributed by atoms with van der Waals surface area (Å²) in [6.45, 7) is 2.59. The highest BCUT2D eigenvalue weighted by Crippen LogP contribution is 2.14. The van der Waals surface area contributed by atoms with Gasteiger partial charge >= 0.3 is 0 Å². The van der Waals surface area contributed by atoms with Gasteiger partial charge < -0.3 is 5.32 Å². The standard InChI is InChI=1S/C18H16ClN3O/c1-13-11-17(20-18(23)15-5-3-2-4-6-15)21-22(13)12-14-7-9-16(19)10-8-14/h2-11H,12H2,1H3,(H,20,21,23). The van der Waals surface area contributed by atoms with Crippen LogP contribution in [0.1, 0.15) is 21.6 Å². The molecule has 23 heavy (non-hydrogen) atoms. The lowest BCUT2D eigenvalue weighted by Gasteiger charge is -2.05. The quantitative estimate of drug-likeness (QED) is 0.783. The summed E-state index contributed by atoms with van der Waals surface area (Å²) in [4.78, 5) is 12.2. The van der Waals surface area contributed by atoms with Crippen LogP contribution in [0.3, 0.4) is 0 Å². The Morgan fingerprint density at radius 1 is 1.13 bits per heavy atom. The third-order valence-corrected chi connectivity index (χ3v) is 3.76. The molecule has 0 fully saturated rings. The van der Waals surface area contributed by atoms with Gasteiger partial charge in [0.1, 0.15) is 0 Å². The molecule has 0 atom stereocenters. The maximum Gasteiger partial charge on any atom is 0.256 e. The molecule has 0 radical (unpaired) electrons. The lowest BCUT2D eigenvalue weighted by molar-refractivity contribution is 0.102. The van der Waals surface area contributed by atoms with Crippen LogP contribution in [0.4, 0.5) is 5.82 Å². The van der Waals surface area contributed by atoms with Crippen LogP contribution < -0.4 is 5.32 Å². The first-order valence-electron chi connectivity index (χ1n) is 7.27. The topological polar surface area (TPSA) is 46.9 Å². The molecule has 3 aromatic rings.